The molecule has 1 aliphatic heterocycles. The van der Waals surface area contributed by atoms with Gasteiger partial charge in [0, 0.05) is 50.7 Å². The van der Waals surface area contributed by atoms with Crippen LogP contribution in [0.25, 0.3) is 0 Å². The Kier molecular flexibility index (Phi) is 4.75. The lowest BCUT2D eigenvalue weighted by Crippen LogP contribution is -2.51. The SMILES string of the molecule is CC(O)(CN1CCN(CCN)CC1)c1cccs1. The van der Waals surface area contributed by atoms with Crippen LogP contribution in [0.1, 0.15) is 11.8 Å². The van der Waals surface area contributed by atoms with Gasteiger partial charge in [-0.1, -0.05) is 6.07 Å². The van der Waals surface area contributed by atoms with Gasteiger partial charge in [0.15, 0.2) is 0 Å². The summed E-state index contributed by atoms with van der Waals surface area (Å²) in [5.41, 5.74) is 4.83. The monoisotopic (exact) mass is 269 g/mol. The molecular formula is C13H23N3OS. The average Bonchev–Trinajstić information content (AvgIpc) is 2.86. The summed E-state index contributed by atoms with van der Waals surface area (Å²) in [7, 11) is 0. The first-order valence-corrected chi connectivity index (χ1v) is 7.41. The standard InChI is InChI=1S/C13H23N3OS/c1-13(17,12-3-2-10-18-12)11-16-8-6-15(5-4-14)7-9-16/h2-3,10,17H,4-9,11,14H2,1H3. The molecule has 4 nitrogen and oxygen atoms in total. The molecule has 2 rings (SSSR count). The van der Waals surface area contributed by atoms with Crippen LogP contribution in [-0.4, -0.2) is 60.7 Å². The number of hydrogen-bond acceptors (Lipinski definition) is 5. The molecular weight excluding hydrogens is 246 g/mol. The molecule has 102 valence electrons. The molecule has 0 spiro atoms. The Hall–Kier alpha value is -0.460. The van der Waals surface area contributed by atoms with Crippen molar-refractivity contribution in [3.63, 3.8) is 0 Å². The van der Waals surface area contributed by atoms with Gasteiger partial charge in [-0.25, -0.2) is 0 Å². The number of hydrogen-bond donors (Lipinski definition) is 2. The van der Waals surface area contributed by atoms with Crippen molar-refractivity contribution in [2.24, 2.45) is 5.73 Å². The predicted molar refractivity (Wildman–Crippen MR) is 75.8 cm³/mol. The first-order valence-electron chi connectivity index (χ1n) is 6.53. The van der Waals surface area contributed by atoms with Crippen LogP contribution in [0, 0.1) is 0 Å². The van der Waals surface area contributed by atoms with Crippen LogP contribution in [0.3, 0.4) is 0 Å². The van der Waals surface area contributed by atoms with E-state index in [-0.39, 0.29) is 0 Å². The minimum Gasteiger partial charge on any atom is -0.383 e. The summed E-state index contributed by atoms with van der Waals surface area (Å²) in [6, 6.07) is 4.00. The highest BCUT2D eigenvalue weighted by Crippen LogP contribution is 2.26. The largest absolute Gasteiger partial charge is 0.383 e. The van der Waals surface area contributed by atoms with E-state index in [0.29, 0.717) is 6.54 Å². The molecule has 1 atom stereocenters. The van der Waals surface area contributed by atoms with Crippen LogP contribution in [0.5, 0.6) is 0 Å². The van der Waals surface area contributed by atoms with Gasteiger partial charge in [-0.05, 0) is 18.4 Å². The van der Waals surface area contributed by atoms with Gasteiger partial charge in [0.1, 0.15) is 5.60 Å². The van der Waals surface area contributed by atoms with Crippen molar-refractivity contribution in [1.82, 2.24) is 9.80 Å². The van der Waals surface area contributed by atoms with Crippen LogP contribution >= 0.6 is 11.3 Å². The molecule has 0 saturated carbocycles. The van der Waals surface area contributed by atoms with Gasteiger partial charge in [-0.15, -0.1) is 11.3 Å². The van der Waals surface area contributed by atoms with Crippen molar-refractivity contribution in [3.05, 3.63) is 22.4 Å². The van der Waals surface area contributed by atoms with E-state index in [1.54, 1.807) is 11.3 Å². The zero-order valence-corrected chi connectivity index (χ0v) is 11.8. The van der Waals surface area contributed by atoms with Gasteiger partial charge >= 0.3 is 0 Å². The summed E-state index contributed by atoms with van der Waals surface area (Å²) in [6.45, 7) is 8.47. The van der Waals surface area contributed by atoms with Gasteiger partial charge in [0.25, 0.3) is 0 Å². The normalized spacial score (nSPS) is 21.9. The van der Waals surface area contributed by atoms with Crippen molar-refractivity contribution in [2.75, 3.05) is 45.8 Å². The third-order valence-electron chi connectivity index (χ3n) is 3.49. The fraction of sp³-hybridized carbons (Fsp3) is 0.692. The molecule has 0 aromatic carbocycles. The zero-order chi connectivity index (χ0) is 13.0. The molecule has 1 aliphatic rings. The van der Waals surface area contributed by atoms with Gasteiger partial charge in [0.2, 0.25) is 0 Å². The van der Waals surface area contributed by atoms with E-state index in [1.807, 2.05) is 24.4 Å². The van der Waals surface area contributed by atoms with Crippen molar-refractivity contribution in [1.29, 1.82) is 0 Å². The van der Waals surface area contributed by atoms with E-state index < -0.39 is 5.60 Å². The van der Waals surface area contributed by atoms with Gasteiger partial charge in [-0.2, -0.15) is 0 Å². The van der Waals surface area contributed by atoms with Crippen molar-refractivity contribution < 1.29 is 5.11 Å². The second-order valence-electron chi connectivity index (χ2n) is 5.16. The summed E-state index contributed by atoms with van der Waals surface area (Å²) in [6.07, 6.45) is 0. The molecule has 1 aromatic rings. The minimum absolute atomic E-state index is 0.712. The van der Waals surface area contributed by atoms with Crippen LogP contribution in [0.15, 0.2) is 17.5 Å². The maximum absolute atomic E-state index is 10.5. The van der Waals surface area contributed by atoms with E-state index in [0.717, 1.165) is 44.1 Å². The number of rotatable bonds is 5. The van der Waals surface area contributed by atoms with Crippen molar-refractivity contribution in [2.45, 2.75) is 12.5 Å². The van der Waals surface area contributed by atoms with Gasteiger partial charge in [-0.3, -0.25) is 9.80 Å². The fourth-order valence-corrected chi connectivity index (χ4v) is 3.23. The second-order valence-corrected chi connectivity index (χ2v) is 6.11. The smallest absolute Gasteiger partial charge is 0.109 e. The molecule has 0 bridgehead atoms. The Morgan fingerprint density at radius 2 is 2.00 bits per heavy atom. The summed E-state index contributed by atoms with van der Waals surface area (Å²) in [4.78, 5) is 5.77. The number of piperazine rings is 1. The van der Waals surface area contributed by atoms with E-state index in [4.69, 9.17) is 5.73 Å². The first-order chi connectivity index (χ1) is 8.62. The number of nitrogens with two attached hydrogens (primary N) is 1. The molecule has 1 saturated heterocycles. The van der Waals surface area contributed by atoms with E-state index in [1.165, 1.54) is 0 Å². The first kappa shape index (κ1) is 14.0. The summed E-state index contributed by atoms with van der Waals surface area (Å²) in [5.74, 6) is 0. The Bertz CT molecular complexity index is 345. The highest BCUT2D eigenvalue weighted by atomic mass is 32.1. The Morgan fingerprint density at radius 3 is 2.56 bits per heavy atom. The lowest BCUT2D eigenvalue weighted by molar-refractivity contribution is 0.00350. The Balaban J connectivity index is 1.84. The molecule has 18 heavy (non-hydrogen) atoms. The number of aliphatic hydroxyl groups is 1. The van der Waals surface area contributed by atoms with Crippen LogP contribution < -0.4 is 5.73 Å². The molecule has 1 fully saturated rings. The molecule has 2 heterocycles. The van der Waals surface area contributed by atoms with Crippen LogP contribution in [0.4, 0.5) is 0 Å². The third-order valence-corrected chi connectivity index (χ3v) is 4.62. The number of nitrogens with zero attached hydrogens (tertiary/aromatic N) is 2. The predicted octanol–water partition coefficient (Wildman–Crippen LogP) is 0.532. The van der Waals surface area contributed by atoms with Gasteiger partial charge < -0.3 is 10.8 Å². The second kappa shape index (κ2) is 6.12. The van der Waals surface area contributed by atoms with Crippen molar-refractivity contribution in [3.8, 4) is 0 Å². The lowest BCUT2D eigenvalue weighted by Gasteiger charge is -2.37. The third kappa shape index (κ3) is 3.52. The summed E-state index contributed by atoms with van der Waals surface area (Å²) < 4.78 is 0. The van der Waals surface area contributed by atoms with Crippen LogP contribution in [0.2, 0.25) is 0 Å². The Morgan fingerprint density at radius 1 is 1.33 bits per heavy atom. The quantitative estimate of drug-likeness (QED) is 0.819. The minimum atomic E-state index is -0.732. The molecule has 0 amide bonds. The number of β-amino-alcohol motifs (C(OH)–C–C–N with tert-alkyl or cyclic N) is 1. The van der Waals surface area contributed by atoms with E-state index in [2.05, 4.69) is 9.80 Å². The molecule has 0 radical (unpaired) electrons. The Labute approximate surface area is 113 Å². The average molecular weight is 269 g/mol. The maximum Gasteiger partial charge on any atom is 0.109 e. The molecule has 0 aliphatic carbocycles. The van der Waals surface area contributed by atoms with E-state index in [9.17, 15) is 5.11 Å². The fourth-order valence-electron chi connectivity index (χ4n) is 2.45. The molecule has 5 heteroatoms. The summed E-state index contributed by atoms with van der Waals surface area (Å²) in [5, 5.41) is 12.5. The highest BCUT2D eigenvalue weighted by molar-refractivity contribution is 7.10. The van der Waals surface area contributed by atoms with E-state index >= 15 is 0 Å². The van der Waals surface area contributed by atoms with Gasteiger partial charge in [0.05, 0.1) is 0 Å². The lowest BCUT2D eigenvalue weighted by atomic mass is 10.0. The summed E-state index contributed by atoms with van der Waals surface area (Å²) >= 11 is 1.62. The highest BCUT2D eigenvalue weighted by Gasteiger charge is 2.28. The molecule has 1 aromatic heterocycles. The number of thiophene rings is 1. The molecule has 3 N–H and O–H groups in total. The maximum atomic E-state index is 10.5. The van der Waals surface area contributed by atoms with Crippen LogP contribution in [-0.2, 0) is 5.60 Å². The zero-order valence-electron chi connectivity index (χ0n) is 11.0. The van der Waals surface area contributed by atoms with Crippen molar-refractivity contribution >= 4 is 11.3 Å². The molecule has 1 unspecified atom stereocenters. The topological polar surface area (TPSA) is 52.7 Å².